The van der Waals surface area contributed by atoms with E-state index in [1.54, 1.807) is 53.4 Å². The first-order chi connectivity index (χ1) is 13.8. The van der Waals surface area contributed by atoms with Crippen LogP contribution >= 0.6 is 11.6 Å². The van der Waals surface area contributed by atoms with Crippen LogP contribution in [0.5, 0.6) is 5.75 Å². The van der Waals surface area contributed by atoms with Crippen molar-refractivity contribution in [2.24, 2.45) is 0 Å². The molecule has 7 heteroatoms. The second-order valence-corrected chi connectivity index (χ2v) is 8.60. The van der Waals surface area contributed by atoms with Gasteiger partial charge in [0.05, 0.1) is 6.26 Å². The molecular formula is C22H20ClNO4S. The van der Waals surface area contributed by atoms with E-state index in [0.717, 1.165) is 17.4 Å². The van der Waals surface area contributed by atoms with E-state index >= 15 is 0 Å². The van der Waals surface area contributed by atoms with E-state index < -0.39 is 10.1 Å². The predicted octanol–water partition coefficient (Wildman–Crippen LogP) is 4.52. The molecule has 0 fully saturated rings. The fraction of sp³-hybridized carbons (Fsp3) is 0.136. The first-order valence-electron chi connectivity index (χ1n) is 8.87. The van der Waals surface area contributed by atoms with Crippen LogP contribution in [0.3, 0.4) is 0 Å². The van der Waals surface area contributed by atoms with Gasteiger partial charge in [0.25, 0.3) is 5.91 Å². The van der Waals surface area contributed by atoms with Crippen LogP contribution < -0.4 is 4.18 Å². The molecule has 0 heterocycles. The summed E-state index contributed by atoms with van der Waals surface area (Å²) >= 11 is 6.05. The largest absolute Gasteiger partial charge is 0.383 e. The molecule has 0 aliphatic carbocycles. The van der Waals surface area contributed by atoms with Gasteiger partial charge < -0.3 is 9.08 Å². The zero-order valence-electron chi connectivity index (χ0n) is 15.8. The van der Waals surface area contributed by atoms with Crippen LogP contribution in [0.4, 0.5) is 0 Å². The van der Waals surface area contributed by atoms with Gasteiger partial charge in [-0.1, -0.05) is 60.1 Å². The third-order valence-corrected chi connectivity index (χ3v) is 4.85. The van der Waals surface area contributed by atoms with E-state index in [-0.39, 0.29) is 11.7 Å². The SMILES string of the molecule is CS(=O)(=O)Oc1ccc(CN(Cc2ccccc2)C(=O)c2cccc(Cl)c2)cc1. The van der Waals surface area contributed by atoms with Gasteiger partial charge in [-0.2, -0.15) is 8.42 Å². The van der Waals surface area contributed by atoms with Gasteiger partial charge in [-0.05, 0) is 41.5 Å². The lowest BCUT2D eigenvalue weighted by atomic mass is 10.1. The second kappa shape index (κ2) is 9.11. The Morgan fingerprint density at radius 1 is 0.897 bits per heavy atom. The summed E-state index contributed by atoms with van der Waals surface area (Å²) in [7, 11) is -3.58. The van der Waals surface area contributed by atoms with Crippen molar-refractivity contribution in [1.82, 2.24) is 4.90 Å². The molecule has 0 spiro atoms. The molecule has 3 aromatic carbocycles. The average Bonchev–Trinajstić information content (AvgIpc) is 2.68. The molecule has 0 aliphatic heterocycles. The Morgan fingerprint density at radius 2 is 1.52 bits per heavy atom. The van der Waals surface area contributed by atoms with E-state index in [1.807, 2.05) is 30.3 Å². The van der Waals surface area contributed by atoms with Crippen LogP contribution in [-0.2, 0) is 23.2 Å². The molecule has 5 nitrogen and oxygen atoms in total. The molecule has 0 bridgehead atoms. The van der Waals surface area contributed by atoms with Crippen molar-refractivity contribution in [1.29, 1.82) is 0 Å². The highest BCUT2D eigenvalue weighted by molar-refractivity contribution is 7.86. The zero-order valence-corrected chi connectivity index (χ0v) is 17.4. The molecule has 0 saturated carbocycles. The van der Waals surface area contributed by atoms with Crippen LogP contribution in [0.15, 0.2) is 78.9 Å². The van der Waals surface area contributed by atoms with Crippen molar-refractivity contribution in [2.75, 3.05) is 6.26 Å². The van der Waals surface area contributed by atoms with E-state index in [1.165, 1.54) is 0 Å². The number of nitrogens with zero attached hydrogens (tertiary/aromatic N) is 1. The number of amides is 1. The molecule has 0 radical (unpaired) electrons. The minimum absolute atomic E-state index is 0.146. The summed E-state index contributed by atoms with van der Waals surface area (Å²) in [6.07, 6.45) is 0.992. The van der Waals surface area contributed by atoms with Gasteiger partial charge in [0.2, 0.25) is 0 Å². The van der Waals surface area contributed by atoms with Crippen molar-refractivity contribution in [3.63, 3.8) is 0 Å². The summed E-state index contributed by atoms with van der Waals surface area (Å²) in [6.45, 7) is 0.771. The molecule has 1 amide bonds. The number of carbonyl (C=O) groups excluding carboxylic acids is 1. The van der Waals surface area contributed by atoms with Crippen molar-refractivity contribution in [2.45, 2.75) is 13.1 Å². The zero-order chi connectivity index (χ0) is 20.9. The number of benzene rings is 3. The van der Waals surface area contributed by atoms with Gasteiger partial charge in [-0.25, -0.2) is 0 Å². The van der Waals surface area contributed by atoms with Crippen LogP contribution in [0, 0.1) is 0 Å². The minimum Gasteiger partial charge on any atom is -0.383 e. The normalized spacial score (nSPS) is 11.1. The maximum atomic E-state index is 13.1. The van der Waals surface area contributed by atoms with Crippen LogP contribution in [0.25, 0.3) is 0 Å². The van der Waals surface area contributed by atoms with Gasteiger partial charge in [-0.15, -0.1) is 0 Å². The summed E-state index contributed by atoms with van der Waals surface area (Å²) in [5, 5.41) is 0.498. The molecule has 150 valence electrons. The summed E-state index contributed by atoms with van der Waals surface area (Å²) in [5.41, 5.74) is 2.35. The third kappa shape index (κ3) is 6.34. The summed E-state index contributed by atoms with van der Waals surface area (Å²) in [6, 6.07) is 23.2. The molecule has 0 aliphatic rings. The third-order valence-electron chi connectivity index (χ3n) is 4.12. The summed E-state index contributed by atoms with van der Waals surface area (Å²) < 4.78 is 27.4. The highest BCUT2D eigenvalue weighted by Crippen LogP contribution is 2.19. The highest BCUT2D eigenvalue weighted by atomic mass is 35.5. The molecule has 3 rings (SSSR count). The van der Waals surface area contributed by atoms with Gasteiger partial charge in [0.1, 0.15) is 5.75 Å². The number of carbonyl (C=O) groups is 1. The number of rotatable bonds is 7. The van der Waals surface area contributed by atoms with Crippen molar-refractivity contribution < 1.29 is 17.4 Å². The Kier molecular flexibility index (Phi) is 6.56. The Balaban J connectivity index is 1.84. The van der Waals surface area contributed by atoms with Crippen molar-refractivity contribution in [3.05, 3.63) is 101 Å². The molecule has 0 aromatic heterocycles. The lowest BCUT2D eigenvalue weighted by Gasteiger charge is -2.23. The second-order valence-electron chi connectivity index (χ2n) is 6.59. The van der Waals surface area contributed by atoms with E-state index in [9.17, 15) is 13.2 Å². The van der Waals surface area contributed by atoms with Crippen LogP contribution in [0.2, 0.25) is 5.02 Å². The number of halogens is 1. The van der Waals surface area contributed by atoms with Crippen LogP contribution in [0.1, 0.15) is 21.5 Å². The molecule has 0 N–H and O–H groups in total. The Hall–Kier alpha value is -2.83. The van der Waals surface area contributed by atoms with Crippen molar-refractivity contribution in [3.8, 4) is 5.75 Å². The Bertz CT molecular complexity index is 1080. The molecule has 0 unspecified atom stereocenters. The monoisotopic (exact) mass is 429 g/mol. The fourth-order valence-electron chi connectivity index (χ4n) is 2.85. The average molecular weight is 430 g/mol. The van der Waals surface area contributed by atoms with E-state index in [2.05, 4.69) is 0 Å². The molecule has 0 saturated heterocycles. The van der Waals surface area contributed by atoms with Crippen molar-refractivity contribution >= 4 is 27.6 Å². The lowest BCUT2D eigenvalue weighted by Crippen LogP contribution is -2.30. The molecule has 0 atom stereocenters. The van der Waals surface area contributed by atoms with Gasteiger partial charge in [0, 0.05) is 23.7 Å². The number of hydrogen-bond acceptors (Lipinski definition) is 4. The lowest BCUT2D eigenvalue weighted by molar-refractivity contribution is 0.0730. The number of hydrogen-bond donors (Lipinski definition) is 0. The standard InChI is InChI=1S/C22H20ClNO4S/c1-29(26,27)28-21-12-10-18(11-13-21)16-24(15-17-6-3-2-4-7-17)22(25)19-8-5-9-20(23)14-19/h2-14H,15-16H2,1H3. The topological polar surface area (TPSA) is 63.7 Å². The van der Waals surface area contributed by atoms with Gasteiger partial charge in [-0.3, -0.25) is 4.79 Å². The maximum Gasteiger partial charge on any atom is 0.306 e. The Morgan fingerprint density at radius 3 is 2.10 bits per heavy atom. The molecule has 3 aromatic rings. The van der Waals surface area contributed by atoms with E-state index in [4.69, 9.17) is 15.8 Å². The van der Waals surface area contributed by atoms with Gasteiger partial charge in [0.15, 0.2) is 0 Å². The maximum absolute atomic E-state index is 13.1. The Labute approximate surface area is 175 Å². The molecule has 29 heavy (non-hydrogen) atoms. The quantitative estimate of drug-likeness (QED) is 0.518. The molecular weight excluding hydrogens is 410 g/mol. The first-order valence-corrected chi connectivity index (χ1v) is 11.1. The van der Waals surface area contributed by atoms with E-state index in [0.29, 0.717) is 23.7 Å². The van der Waals surface area contributed by atoms with Gasteiger partial charge >= 0.3 is 10.1 Å². The highest BCUT2D eigenvalue weighted by Gasteiger charge is 2.17. The summed E-state index contributed by atoms with van der Waals surface area (Å²) in [4.78, 5) is 14.8. The fourth-order valence-corrected chi connectivity index (χ4v) is 3.50. The summed E-state index contributed by atoms with van der Waals surface area (Å²) in [5.74, 6) is 0.0832. The smallest absolute Gasteiger partial charge is 0.306 e. The van der Waals surface area contributed by atoms with Crippen LogP contribution in [-0.4, -0.2) is 25.5 Å². The first kappa shape index (κ1) is 20.9. The predicted molar refractivity (Wildman–Crippen MR) is 113 cm³/mol. The minimum atomic E-state index is -3.58.